The van der Waals surface area contributed by atoms with E-state index in [1.165, 1.54) is 0 Å². The Balaban J connectivity index is 2.03. The number of nitrogens with one attached hydrogen (secondary N) is 1. The third-order valence-electron chi connectivity index (χ3n) is 3.59. The molecular formula is C14H17ClN2O2. The van der Waals surface area contributed by atoms with E-state index in [2.05, 4.69) is 11.4 Å². The molecule has 0 spiro atoms. The predicted octanol–water partition coefficient (Wildman–Crippen LogP) is 1.84. The molecule has 102 valence electrons. The van der Waals surface area contributed by atoms with Crippen molar-refractivity contribution in [3.8, 4) is 6.07 Å². The number of rotatable bonds is 4. The van der Waals surface area contributed by atoms with Crippen LogP contribution in [0.25, 0.3) is 0 Å². The van der Waals surface area contributed by atoms with Crippen molar-refractivity contribution in [2.45, 2.75) is 24.9 Å². The Kier molecular flexibility index (Phi) is 4.78. The van der Waals surface area contributed by atoms with E-state index in [4.69, 9.17) is 21.6 Å². The van der Waals surface area contributed by atoms with Gasteiger partial charge in [-0.1, -0.05) is 17.7 Å². The largest absolute Gasteiger partial charge is 0.394 e. The zero-order valence-corrected chi connectivity index (χ0v) is 11.4. The number of benzene rings is 1. The highest BCUT2D eigenvalue weighted by molar-refractivity contribution is 6.31. The first-order valence-electron chi connectivity index (χ1n) is 6.31. The van der Waals surface area contributed by atoms with Crippen molar-refractivity contribution in [3.63, 3.8) is 0 Å². The maximum Gasteiger partial charge on any atom is 0.0992 e. The van der Waals surface area contributed by atoms with Crippen LogP contribution in [0.4, 0.5) is 0 Å². The van der Waals surface area contributed by atoms with Gasteiger partial charge in [0.1, 0.15) is 0 Å². The zero-order chi connectivity index (χ0) is 13.7. The van der Waals surface area contributed by atoms with Crippen LogP contribution in [-0.4, -0.2) is 30.5 Å². The number of hydrogen-bond donors (Lipinski definition) is 2. The molecule has 0 atom stereocenters. The summed E-state index contributed by atoms with van der Waals surface area (Å²) < 4.78 is 5.32. The van der Waals surface area contributed by atoms with Crippen LogP contribution in [0.15, 0.2) is 18.2 Å². The normalized spacial score (nSPS) is 17.9. The fourth-order valence-electron chi connectivity index (χ4n) is 2.20. The van der Waals surface area contributed by atoms with Crippen molar-refractivity contribution < 1.29 is 9.84 Å². The van der Waals surface area contributed by atoms with Crippen LogP contribution in [0.2, 0.25) is 5.02 Å². The lowest BCUT2D eigenvalue weighted by Crippen LogP contribution is -2.51. The number of nitrogens with zero attached hydrogens (tertiary/aromatic N) is 1. The van der Waals surface area contributed by atoms with Gasteiger partial charge < -0.3 is 15.2 Å². The molecule has 0 saturated carbocycles. The lowest BCUT2D eigenvalue weighted by atomic mass is 9.90. The molecule has 0 amide bonds. The molecule has 0 aliphatic carbocycles. The van der Waals surface area contributed by atoms with Crippen LogP contribution >= 0.6 is 11.6 Å². The highest BCUT2D eigenvalue weighted by Gasteiger charge is 2.31. The standard InChI is InChI=1S/C14H17ClN2O2/c15-13-7-11(8-16)1-2-12(13)9-17-14(10-18)3-5-19-6-4-14/h1-2,7,17-18H,3-6,9-10H2. The van der Waals surface area contributed by atoms with Crippen LogP contribution in [0.3, 0.4) is 0 Å². The van der Waals surface area contributed by atoms with Crippen molar-refractivity contribution in [1.82, 2.24) is 5.32 Å². The maximum absolute atomic E-state index is 9.58. The number of halogens is 1. The van der Waals surface area contributed by atoms with Crippen LogP contribution < -0.4 is 5.32 Å². The van der Waals surface area contributed by atoms with E-state index >= 15 is 0 Å². The molecule has 0 aromatic heterocycles. The van der Waals surface area contributed by atoms with Gasteiger partial charge >= 0.3 is 0 Å². The Morgan fingerprint density at radius 1 is 1.42 bits per heavy atom. The number of nitriles is 1. The first-order valence-corrected chi connectivity index (χ1v) is 6.69. The smallest absolute Gasteiger partial charge is 0.0992 e. The van der Waals surface area contributed by atoms with Crippen molar-refractivity contribution in [2.75, 3.05) is 19.8 Å². The van der Waals surface area contributed by atoms with Gasteiger partial charge in [0.05, 0.1) is 18.2 Å². The van der Waals surface area contributed by atoms with E-state index in [9.17, 15) is 5.11 Å². The van der Waals surface area contributed by atoms with Gasteiger partial charge in [0, 0.05) is 30.3 Å². The molecule has 1 saturated heterocycles. The van der Waals surface area contributed by atoms with Crippen molar-refractivity contribution in [3.05, 3.63) is 34.3 Å². The minimum Gasteiger partial charge on any atom is -0.394 e. The lowest BCUT2D eigenvalue weighted by Gasteiger charge is -2.36. The molecule has 1 aliphatic rings. The summed E-state index contributed by atoms with van der Waals surface area (Å²) >= 11 is 6.14. The summed E-state index contributed by atoms with van der Waals surface area (Å²) in [5.41, 5.74) is 1.20. The Bertz CT molecular complexity index is 479. The highest BCUT2D eigenvalue weighted by Crippen LogP contribution is 2.23. The van der Waals surface area contributed by atoms with E-state index < -0.39 is 0 Å². The SMILES string of the molecule is N#Cc1ccc(CNC2(CO)CCOCC2)c(Cl)c1. The quantitative estimate of drug-likeness (QED) is 0.883. The molecule has 4 nitrogen and oxygen atoms in total. The van der Waals surface area contributed by atoms with E-state index in [0.29, 0.717) is 30.3 Å². The van der Waals surface area contributed by atoms with Gasteiger partial charge in [0.2, 0.25) is 0 Å². The number of aliphatic hydroxyl groups excluding tert-OH is 1. The predicted molar refractivity (Wildman–Crippen MR) is 72.9 cm³/mol. The summed E-state index contributed by atoms with van der Waals surface area (Å²) in [4.78, 5) is 0. The van der Waals surface area contributed by atoms with Crippen LogP contribution in [0.1, 0.15) is 24.0 Å². The van der Waals surface area contributed by atoms with E-state index in [-0.39, 0.29) is 12.1 Å². The topological polar surface area (TPSA) is 65.3 Å². The molecule has 1 aliphatic heterocycles. The summed E-state index contributed by atoms with van der Waals surface area (Å²) in [6.07, 6.45) is 1.58. The average molecular weight is 281 g/mol. The second-order valence-electron chi connectivity index (χ2n) is 4.82. The van der Waals surface area contributed by atoms with Gasteiger partial charge in [-0.3, -0.25) is 0 Å². The fraction of sp³-hybridized carbons (Fsp3) is 0.500. The highest BCUT2D eigenvalue weighted by atomic mass is 35.5. The molecule has 0 unspecified atom stereocenters. The molecule has 1 fully saturated rings. The second-order valence-corrected chi connectivity index (χ2v) is 5.23. The summed E-state index contributed by atoms with van der Waals surface area (Å²) in [5.74, 6) is 0. The third kappa shape index (κ3) is 3.46. The number of ether oxygens (including phenoxy) is 1. The Morgan fingerprint density at radius 2 is 2.16 bits per heavy atom. The maximum atomic E-state index is 9.58. The molecule has 5 heteroatoms. The first-order chi connectivity index (χ1) is 9.19. The molecule has 19 heavy (non-hydrogen) atoms. The van der Waals surface area contributed by atoms with Gasteiger partial charge in [0.25, 0.3) is 0 Å². The van der Waals surface area contributed by atoms with Gasteiger partial charge in [-0.15, -0.1) is 0 Å². The van der Waals surface area contributed by atoms with Crippen molar-refractivity contribution >= 4 is 11.6 Å². The molecule has 2 rings (SSSR count). The zero-order valence-electron chi connectivity index (χ0n) is 10.7. The van der Waals surface area contributed by atoms with Gasteiger partial charge in [-0.25, -0.2) is 0 Å². The summed E-state index contributed by atoms with van der Waals surface area (Å²) in [5, 5.41) is 22.3. The van der Waals surface area contributed by atoms with E-state index in [1.807, 2.05) is 6.07 Å². The summed E-state index contributed by atoms with van der Waals surface area (Å²) in [7, 11) is 0. The minimum atomic E-state index is -0.282. The molecule has 1 heterocycles. The molecule has 1 aromatic carbocycles. The molecule has 0 bridgehead atoms. The summed E-state index contributed by atoms with van der Waals surface area (Å²) in [6.45, 7) is 1.98. The van der Waals surface area contributed by atoms with Crippen LogP contribution in [0.5, 0.6) is 0 Å². The minimum absolute atomic E-state index is 0.0876. The van der Waals surface area contributed by atoms with E-state index in [1.54, 1.807) is 12.1 Å². The van der Waals surface area contributed by atoms with Crippen LogP contribution in [-0.2, 0) is 11.3 Å². The number of aliphatic hydroxyl groups is 1. The molecular weight excluding hydrogens is 264 g/mol. The van der Waals surface area contributed by atoms with Crippen molar-refractivity contribution in [2.24, 2.45) is 0 Å². The first kappa shape index (κ1) is 14.3. The van der Waals surface area contributed by atoms with Gasteiger partial charge in [-0.2, -0.15) is 5.26 Å². The second kappa shape index (κ2) is 6.36. The van der Waals surface area contributed by atoms with Gasteiger partial charge in [0.15, 0.2) is 0 Å². The average Bonchev–Trinajstić information content (AvgIpc) is 2.47. The van der Waals surface area contributed by atoms with Gasteiger partial charge in [-0.05, 0) is 30.5 Å². The molecule has 2 N–H and O–H groups in total. The third-order valence-corrected chi connectivity index (χ3v) is 3.94. The van der Waals surface area contributed by atoms with Crippen LogP contribution in [0, 0.1) is 11.3 Å². The lowest BCUT2D eigenvalue weighted by molar-refractivity contribution is 0.0112. The Labute approximate surface area is 117 Å². The van der Waals surface area contributed by atoms with E-state index in [0.717, 1.165) is 18.4 Å². The Hall–Kier alpha value is -1.12. The number of hydrogen-bond acceptors (Lipinski definition) is 4. The molecule has 0 radical (unpaired) electrons. The molecule has 1 aromatic rings. The monoisotopic (exact) mass is 280 g/mol. The summed E-state index contributed by atoms with van der Waals surface area (Å²) in [6, 6.07) is 7.31. The fourth-order valence-corrected chi connectivity index (χ4v) is 2.44. The van der Waals surface area contributed by atoms with Crippen molar-refractivity contribution in [1.29, 1.82) is 5.26 Å². The Morgan fingerprint density at radius 3 is 2.74 bits per heavy atom.